The zero-order valence-corrected chi connectivity index (χ0v) is 36.3. The first-order valence-corrected chi connectivity index (χ1v) is 23.9. The third-order valence-electron chi connectivity index (χ3n) is 11.6. The third kappa shape index (κ3) is 5.77. The number of thiophene rings is 6. The molecule has 58 heavy (non-hydrogen) atoms. The van der Waals surface area contributed by atoms with Crippen LogP contribution in [0.25, 0.3) is 60.6 Å². The van der Waals surface area contributed by atoms with Crippen molar-refractivity contribution in [2.24, 2.45) is 0 Å². The lowest BCUT2D eigenvalue weighted by atomic mass is 9.78. The van der Waals surface area contributed by atoms with E-state index in [-0.39, 0.29) is 11.1 Å². The quantitative estimate of drug-likeness (QED) is 0.151. The molecule has 0 radical (unpaired) electrons. The van der Waals surface area contributed by atoms with Crippen molar-refractivity contribution in [1.82, 2.24) is 0 Å². The van der Waals surface area contributed by atoms with Crippen LogP contribution in [-0.4, -0.2) is 14.2 Å². The van der Waals surface area contributed by atoms with Gasteiger partial charge < -0.3 is 18.9 Å². The Bertz CT molecular complexity index is 2680. The minimum absolute atomic E-state index is 0.0603. The summed E-state index contributed by atoms with van der Waals surface area (Å²) in [5.74, 6) is 3.39. The van der Waals surface area contributed by atoms with Gasteiger partial charge in [-0.1, -0.05) is 12.8 Å². The van der Waals surface area contributed by atoms with Gasteiger partial charge in [0.05, 0.1) is 52.9 Å². The Hall–Kier alpha value is -4.90. The van der Waals surface area contributed by atoms with E-state index in [1.165, 1.54) is 56.4 Å². The number of ether oxygens (including phenoxy) is 4. The third-order valence-corrected chi connectivity index (χ3v) is 19.1. The van der Waals surface area contributed by atoms with E-state index in [0.29, 0.717) is 0 Å². The Morgan fingerprint density at radius 3 is 1.29 bits per heavy atom. The highest BCUT2D eigenvalue weighted by molar-refractivity contribution is 7.35. The molecule has 288 valence electrons. The summed E-state index contributed by atoms with van der Waals surface area (Å²) in [7, 11) is 3.33. The molecule has 2 aliphatic carbocycles. The molecule has 0 N–H and O–H groups in total. The summed E-state index contributed by atoms with van der Waals surface area (Å²) in [6.45, 7) is 0. The van der Waals surface area contributed by atoms with Crippen molar-refractivity contribution in [3.05, 3.63) is 56.3 Å². The number of rotatable bonds is 6. The molecule has 2 spiro atoms. The van der Waals surface area contributed by atoms with Crippen LogP contribution >= 0.6 is 68.0 Å². The highest BCUT2D eigenvalue weighted by Crippen LogP contribution is 2.67. The highest BCUT2D eigenvalue weighted by atomic mass is 32.1. The Morgan fingerprint density at radius 1 is 0.534 bits per heavy atom. The first kappa shape index (κ1) is 37.4. The van der Waals surface area contributed by atoms with Gasteiger partial charge in [0.15, 0.2) is 11.5 Å². The Kier molecular flexibility index (Phi) is 9.30. The van der Waals surface area contributed by atoms with E-state index >= 15 is 0 Å². The fraction of sp³-hybridized carbons (Fsp3) is 0.318. The normalized spacial score (nSPS) is 16.6. The predicted octanol–water partition coefficient (Wildman–Crippen LogP) is 13.9. The van der Waals surface area contributed by atoms with Crippen LogP contribution < -0.4 is 18.9 Å². The van der Waals surface area contributed by atoms with Crippen molar-refractivity contribution < 1.29 is 18.9 Å². The first-order chi connectivity index (χ1) is 28.3. The SMILES string of the molecule is COc1cc(C=C(C#N)C#N)sc1-c1cc2c(s1)-c1sc3c4c(sc3c1OC21CCCCC1)-c1sc(-c2sc(C=C(C#N)C#N)cc2OC)cc1C1(CCCCC1)O4. The molecule has 6 aromatic heterocycles. The van der Waals surface area contributed by atoms with E-state index in [2.05, 4.69) is 12.1 Å². The molecule has 2 aliphatic heterocycles. The number of hydrogen-bond acceptors (Lipinski definition) is 14. The summed E-state index contributed by atoms with van der Waals surface area (Å²) in [5.41, 5.74) is 1.75. The molecule has 0 saturated heterocycles. The van der Waals surface area contributed by atoms with Gasteiger partial charge in [0, 0.05) is 30.6 Å². The van der Waals surface area contributed by atoms with Crippen LogP contribution in [0.5, 0.6) is 23.0 Å². The molecule has 2 saturated carbocycles. The molecule has 2 fully saturated rings. The van der Waals surface area contributed by atoms with Crippen LogP contribution in [0, 0.1) is 45.3 Å². The lowest BCUT2D eigenvalue weighted by Gasteiger charge is -2.41. The molecule has 10 rings (SSSR count). The number of hydrogen-bond donors (Lipinski definition) is 0. The van der Waals surface area contributed by atoms with Crippen molar-refractivity contribution in [3.63, 3.8) is 0 Å². The Balaban J connectivity index is 1.13. The van der Waals surface area contributed by atoms with Crippen molar-refractivity contribution >= 4 is 89.6 Å². The molecular weight excluding hydrogens is 841 g/mol. The molecule has 0 amide bonds. The molecule has 0 bridgehead atoms. The van der Waals surface area contributed by atoms with E-state index in [4.69, 9.17) is 18.9 Å². The zero-order chi connectivity index (χ0) is 39.8. The minimum atomic E-state index is -0.429. The summed E-state index contributed by atoms with van der Waals surface area (Å²) in [6.07, 6.45) is 13.8. The summed E-state index contributed by atoms with van der Waals surface area (Å²) < 4.78 is 28.8. The van der Waals surface area contributed by atoms with Crippen LogP contribution in [0.4, 0.5) is 0 Å². The predicted molar refractivity (Wildman–Crippen MR) is 235 cm³/mol. The van der Waals surface area contributed by atoms with Gasteiger partial charge in [0.25, 0.3) is 0 Å². The first-order valence-electron chi connectivity index (χ1n) is 19.0. The van der Waals surface area contributed by atoms with E-state index < -0.39 is 11.2 Å². The maximum atomic E-state index is 9.42. The van der Waals surface area contributed by atoms with E-state index in [1.807, 2.05) is 36.4 Å². The lowest BCUT2D eigenvalue weighted by molar-refractivity contribution is 0.0258. The van der Waals surface area contributed by atoms with Gasteiger partial charge in [-0.25, -0.2) is 0 Å². The van der Waals surface area contributed by atoms with E-state index in [0.717, 1.165) is 123 Å². The molecule has 6 aromatic rings. The summed E-state index contributed by atoms with van der Waals surface area (Å²) in [5, 5.41) is 37.7. The number of methoxy groups -OCH3 is 2. The van der Waals surface area contributed by atoms with Gasteiger partial charge in [0.1, 0.15) is 58.1 Å². The van der Waals surface area contributed by atoms with Gasteiger partial charge in [-0.05, 0) is 87.8 Å². The molecule has 0 unspecified atom stereocenters. The number of allylic oxidation sites excluding steroid dienone is 2. The number of fused-ring (bicyclic) bond motifs is 11. The molecule has 0 aromatic carbocycles. The molecule has 4 aliphatic rings. The van der Waals surface area contributed by atoms with Gasteiger partial charge >= 0.3 is 0 Å². The molecular formula is C44H32N4O4S6. The van der Waals surface area contributed by atoms with Gasteiger partial charge in [0.2, 0.25) is 0 Å². The maximum Gasteiger partial charge on any atom is 0.158 e. The molecule has 14 heteroatoms. The maximum absolute atomic E-state index is 9.42. The van der Waals surface area contributed by atoms with Crippen LogP contribution in [0.1, 0.15) is 85.1 Å². The highest BCUT2D eigenvalue weighted by Gasteiger charge is 2.49. The molecule has 8 heterocycles. The van der Waals surface area contributed by atoms with Crippen LogP contribution in [0.2, 0.25) is 0 Å². The van der Waals surface area contributed by atoms with Crippen LogP contribution in [0.15, 0.2) is 35.4 Å². The topological polar surface area (TPSA) is 132 Å². The minimum Gasteiger partial charge on any atom is -0.495 e. The zero-order valence-electron chi connectivity index (χ0n) is 31.4. The largest absolute Gasteiger partial charge is 0.495 e. The van der Waals surface area contributed by atoms with Gasteiger partial charge in [-0.3, -0.25) is 0 Å². The molecule has 0 atom stereocenters. The molecule has 8 nitrogen and oxygen atoms in total. The van der Waals surface area contributed by atoms with Crippen LogP contribution in [-0.2, 0) is 11.2 Å². The Morgan fingerprint density at radius 2 is 0.931 bits per heavy atom. The van der Waals surface area contributed by atoms with Crippen molar-refractivity contribution in [3.8, 4) is 86.3 Å². The van der Waals surface area contributed by atoms with Gasteiger partial charge in [-0.15, -0.1) is 68.0 Å². The Labute approximate surface area is 359 Å². The average Bonchev–Trinajstić information content (AvgIpc) is 4.11. The van der Waals surface area contributed by atoms with Crippen molar-refractivity contribution in [1.29, 1.82) is 21.0 Å². The monoisotopic (exact) mass is 872 g/mol. The fourth-order valence-corrected chi connectivity index (χ4v) is 16.7. The second kappa shape index (κ2) is 14.4. The fourth-order valence-electron chi connectivity index (χ4n) is 8.93. The van der Waals surface area contributed by atoms with Gasteiger partial charge in [-0.2, -0.15) is 21.0 Å². The second-order valence-corrected chi connectivity index (χ2v) is 21.2. The smallest absolute Gasteiger partial charge is 0.158 e. The van der Waals surface area contributed by atoms with E-state index in [1.54, 1.807) is 71.7 Å². The van der Waals surface area contributed by atoms with Crippen LogP contribution in [0.3, 0.4) is 0 Å². The van der Waals surface area contributed by atoms with E-state index in [9.17, 15) is 21.0 Å². The standard InChI is InChI=1S/C44H32N4O4S6/c1-49-29-15-25(13-23(19-45)20-46)53-37(29)31-17-27-35(55-31)39-33(51-43(27)9-5-3-6-10-43)41-42(57-39)34-40(58-41)36-28(44(52-34)11-7-4-8-12-44)18-32(56-36)38-30(50-2)16-26(54-38)14-24(21-47)22-48/h13-18H,3-12H2,1-2H3. The second-order valence-electron chi connectivity index (χ2n) is 14.9. The van der Waals surface area contributed by atoms with Crippen molar-refractivity contribution in [2.75, 3.05) is 14.2 Å². The summed E-state index contributed by atoms with van der Waals surface area (Å²) in [4.78, 5) is 10.5. The van der Waals surface area contributed by atoms with Crippen molar-refractivity contribution in [2.45, 2.75) is 75.4 Å². The summed E-state index contributed by atoms with van der Waals surface area (Å²) >= 11 is 10.2. The lowest BCUT2D eigenvalue weighted by Crippen LogP contribution is -2.37. The number of nitriles is 4. The number of nitrogens with zero attached hydrogens (tertiary/aromatic N) is 4. The summed E-state index contributed by atoms with van der Waals surface area (Å²) in [6, 6.07) is 16.3. The average molecular weight is 873 g/mol.